The zero-order chi connectivity index (χ0) is 14.5. The van der Waals surface area contributed by atoms with Crippen molar-refractivity contribution >= 4 is 13.7 Å². The Bertz CT molecular complexity index is 554. The molecule has 2 atom stereocenters. The van der Waals surface area contributed by atoms with Crippen LogP contribution < -0.4 is 9.61 Å². The van der Waals surface area contributed by atoms with E-state index < -0.39 is 19.8 Å². The fourth-order valence-corrected chi connectivity index (χ4v) is 2.38. The first-order chi connectivity index (χ1) is 8.90. The van der Waals surface area contributed by atoms with E-state index in [1.54, 1.807) is 12.1 Å². The van der Waals surface area contributed by atoms with Crippen molar-refractivity contribution in [1.82, 2.24) is 5.09 Å². The molecule has 7 nitrogen and oxygen atoms in total. The van der Waals surface area contributed by atoms with Gasteiger partial charge in [-0.1, -0.05) is 6.07 Å². The Balaban J connectivity index is 2.89. The minimum absolute atomic E-state index is 0.148. The van der Waals surface area contributed by atoms with E-state index in [0.717, 1.165) is 7.11 Å². The molecular formula is C11H13N2O5P. The highest BCUT2D eigenvalue weighted by atomic mass is 31.2. The molecule has 0 amide bonds. The summed E-state index contributed by atoms with van der Waals surface area (Å²) in [5, 5.41) is 19.7. The SMILES string of the molecule is COP(=O)(N[C@@H](C)C(=O)O)Oc1cccc(C#N)c1. The van der Waals surface area contributed by atoms with Gasteiger partial charge < -0.3 is 9.63 Å². The number of hydrogen-bond acceptors (Lipinski definition) is 5. The highest BCUT2D eigenvalue weighted by Crippen LogP contribution is 2.43. The molecule has 0 aliphatic carbocycles. The smallest absolute Gasteiger partial charge is 0.459 e. The second-order valence-electron chi connectivity index (χ2n) is 3.60. The highest BCUT2D eigenvalue weighted by molar-refractivity contribution is 7.52. The van der Waals surface area contributed by atoms with Gasteiger partial charge in [0.1, 0.15) is 11.8 Å². The molecular weight excluding hydrogens is 271 g/mol. The molecule has 0 saturated carbocycles. The number of carboxylic acids is 1. The molecule has 0 aliphatic heterocycles. The number of benzene rings is 1. The zero-order valence-electron chi connectivity index (χ0n) is 10.4. The molecule has 102 valence electrons. The average molecular weight is 284 g/mol. The summed E-state index contributed by atoms with van der Waals surface area (Å²) in [5.74, 6) is -1.04. The van der Waals surface area contributed by atoms with Crippen LogP contribution in [0, 0.1) is 11.3 Å². The maximum absolute atomic E-state index is 12.2. The Morgan fingerprint density at radius 3 is 2.79 bits per heavy atom. The molecule has 0 spiro atoms. The molecule has 1 aromatic rings. The second-order valence-corrected chi connectivity index (χ2v) is 5.40. The summed E-state index contributed by atoms with van der Waals surface area (Å²) in [7, 11) is -2.67. The van der Waals surface area contributed by atoms with Gasteiger partial charge in [0.25, 0.3) is 0 Å². The fraction of sp³-hybridized carbons (Fsp3) is 0.273. The van der Waals surface area contributed by atoms with Crippen molar-refractivity contribution in [3.05, 3.63) is 29.8 Å². The van der Waals surface area contributed by atoms with Gasteiger partial charge in [-0.05, 0) is 25.1 Å². The lowest BCUT2D eigenvalue weighted by atomic mass is 10.2. The standard InChI is InChI=1S/C11H13N2O5P/c1-8(11(14)15)13-19(16,17-2)18-10-5-3-4-9(6-10)7-12/h3-6,8H,1-2H3,(H,13,16)(H,14,15)/t8-,19?/m0/s1. The van der Waals surface area contributed by atoms with Crippen molar-refractivity contribution in [2.24, 2.45) is 0 Å². The van der Waals surface area contributed by atoms with Crippen LogP contribution in [0.3, 0.4) is 0 Å². The lowest BCUT2D eigenvalue weighted by molar-refractivity contribution is -0.138. The molecule has 2 N–H and O–H groups in total. The Labute approximate surface area is 110 Å². The Morgan fingerprint density at radius 1 is 1.58 bits per heavy atom. The Kier molecular flexibility index (Phi) is 5.07. The van der Waals surface area contributed by atoms with Crippen molar-refractivity contribution in [3.63, 3.8) is 0 Å². The summed E-state index contributed by atoms with van der Waals surface area (Å²) in [4.78, 5) is 10.7. The molecule has 0 bridgehead atoms. The van der Waals surface area contributed by atoms with E-state index in [1.165, 1.54) is 19.1 Å². The van der Waals surface area contributed by atoms with Gasteiger partial charge in [-0.2, -0.15) is 10.3 Å². The van der Waals surface area contributed by atoms with Crippen LogP contribution in [0.5, 0.6) is 5.75 Å². The monoisotopic (exact) mass is 284 g/mol. The first-order valence-electron chi connectivity index (χ1n) is 5.26. The van der Waals surface area contributed by atoms with Gasteiger partial charge in [0, 0.05) is 7.11 Å². The van der Waals surface area contributed by atoms with Crippen LogP contribution in [0.4, 0.5) is 0 Å². The Hall–Kier alpha value is -1.87. The predicted octanol–water partition coefficient (Wildman–Crippen LogP) is 1.75. The van der Waals surface area contributed by atoms with Gasteiger partial charge in [0.15, 0.2) is 0 Å². The molecule has 1 aromatic carbocycles. The molecule has 0 radical (unpaired) electrons. The van der Waals surface area contributed by atoms with E-state index in [9.17, 15) is 9.36 Å². The quantitative estimate of drug-likeness (QED) is 0.766. The van der Waals surface area contributed by atoms with E-state index in [1.807, 2.05) is 6.07 Å². The van der Waals surface area contributed by atoms with Gasteiger partial charge >= 0.3 is 13.7 Å². The van der Waals surface area contributed by atoms with Gasteiger partial charge in [-0.3, -0.25) is 9.32 Å². The van der Waals surface area contributed by atoms with Crippen molar-refractivity contribution in [3.8, 4) is 11.8 Å². The summed E-state index contributed by atoms with van der Waals surface area (Å²) in [6.07, 6.45) is 0. The Morgan fingerprint density at radius 2 is 2.26 bits per heavy atom. The van der Waals surface area contributed by atoms with Crippen LogP contribution in [0.15, 0.2) is 24.3 Å². The number of carboxylic acid groups (broad SMARTS) is 1. The minimum atomic E-state index is -3.80. The predicted molar refractivity (Wildman–Crippen MR) is 66.6 cm³/mol. The summed E-state index contributed by atoms with van der Waals surface area (Å²) in [6.45, 7) is 1.31. The van der Waals surface area contributed by atoms with Crippen molar-refractivity contribution in [2.75, 3.05) is 7.11 Å². The molecule has 1 rings (SSSR count). The van der Waals surface area contributed by atoms with Crippen molar-refractivity contribution < 1.29 is 23.5 Å². The van der Waals surface area contributed by atoms with E-state index in [4.69, 9.17) is 19.4 Å². The van der Waals surface area contributed by atoms with Crippen LogP contribution in [-0.4, -0.2) is 24.2 Å². The third-order valence-corrected chi connectivity index (χ3v) is 3.79. The molecule has 0 fully saturated rings. The summed E-state index contributed by atoms with van der Waals surface area (Å²) in [5.41, 5.74) is 0.325. The van der Waals surface area contributed by atoms with E-state index in [2.05, 4.69) is 5.09 Å². The van der Waals surface area contributed by atoms with Crippen LogP contribution in [0.1, 0.15) is 12.5 Å². The topological polar surface area (TPSA) is 109 Å². The number of nitriles is 1. The third-order valence-electron chi connectivity index (χ3n) is 2.15. The normalized spacial score (nSPS) is 15.0. The number of carbonyl (C=O) groups is 1. The van der Waals surface area contributed by atoms with Crippen LogP contribution in [0.25, 0.3) is 0 Å². The van der Waals surface area contributed by atoms with Gasteiger partial charge in [0.2, 0.25) is 0 Å². The average Bonchev–Trinajstić information content (AvgIpc) is 2.38. The van der Waals surface area contributed by atoms with Crippen molar-refractivity contribution in [2.45, 2.75) is 13.0 Å². The van der Waals surface area contributed by atoms with E-state index in [-0.39, 0.29) is 5.75 Å². The van der Waals surface area contributed by atoms with Gasteiger partial charge in [-0.15, -0.1) is 0 Å². The lowest BCUT2D eigenvalue weighted by Gasteiger charge is -2.20. The molecule has 0 heterocycles. The maximum Gasteiger partial charge on any atom is 0.459 e. The molecule has 1 unspecified atom stereocenters. The molecule has 0 aliphatic rings. The molecule has 0 aromatic heterocycles. The summed E-state index contributed by atoms with van der Waals surface area (Å²) >= 11 is 0. The second kappa shape index (κ2) is 6.34. The third kappa shape index (κ3) is 4.38. The van der Waals surface area contributed by atoms with Crippen LogP contribution in [0.2, 0.25) is 0 Å². The lowest BCUT2D eigenvalue weighted by Crippen LogP contribution is -2.33. The first-order valence-corrected chi connectivity index (χ1v) is 6.80. The van der Waals surface area contributed by atoms with E-state index >= 15 is 0 Å². The molecule has 0 saturated heterocycles. The number of aliphatic carboxylic acids is 1. The molecule has 8 heteroatoms. The molecule has 19 heavy (non-hydrogen) atoms. The zero-order valence-corrected chi connectivity index (χ0v) is 11.3. The fourth-order valence-electron chi connectivity index (χ4n) is 1.17. The summed E-state index contributed by atoms with van der Waals surface area (Å²) in [6, 6.07) is 6.76. The van der Waals surface area contributed by atoms with E-state index in [0.29, 0.717) is 5.56 Å². The number of nitrogens with zero attached hydrogens (tertiary/aromatic N) is 1. The first kappa shape index (κ1) is 15.2. The highest BCUT2D eigenvalue weighted by Gasteiger charge is 2.29. The van der Waals surface area contributed by atoms with Crippen LogP contribution in [-0.2, 0) is 13.9 Å². The number of nitrogens with one attached hydrogen (secondary N) is 1. The summed E-state index contributed by atoms with van der Waals surface area (Å²) < 4.78 is 22.0. The van der Waals surface area contributed by atoms with Crippen molar-refractivity contribution in [1.29, 1.82) is 5.26 Å². The number of hydrogen-bond donors (Lipinski definition) is 2. The largest absolute Gasteiger partial charge is 0.480 e. The number of rotatable bonds is 6. The maximum atomic E-state index is 12.2. The minimum Gasteiger partial charge on any atom is -0.480 e. The van der Waals surface area contributed by atoms with Crippen LogP contribution >= 0.6 is 7.75 Å². The van der Waals surface area contributed by atoms with Gasteiger partial charge in [-0.25, -0.2) is 4.57 Å². The van der Waals surface area contributed by atoms with Gasteiger partial charge in [0.05, 0.1) is 11.6 Å².